The minimum Gasteiger partial charge on any atom is -0.389 e. The molecule has 0 saturated heterocycles. The van der Waals surface area contributed by atoms with E-state index in [9.17, 15) is 10.1 Å². The Kier molecular flexibility index (Phi) is 4.91. The van der Waals surface area contributed by atoms with E-state index in [2.05, 4.69) is 13.8 Å². The average Bonchev–Trinajstić information content (AvgIpc) is 2.03. The molecule has 1 atom stereocenters. The van der Waals surface area contributed by atoms with Gasteiger partial charge in [0.25, 0.3) is 0 Å². The summed E-state index contributed by atoms with van der Waals surface area (Å²) in [5.41, 5.74) is -1.14. The van der Waals surface area contributed by atoms with Gasteiger partial charge in [0, 0.05) is 18.3 Å². The van der Waals surface area contributed by atoms with Crippen molar-refractivity contribution in [2.75, 3.05) is 6.61 Å². The molecule has 0 heterocycles. The van der Waals surface area contributed by atoms with Gasteiger partial charge in [-0.05, 0) is 12.3 Å². The van der Waals surface area contributed by atoms with Crippen LogP contribution < -0.4 is 0 Å². The average molecular weight is 189 g/mol. The predicted octanol–water partition coefficient (Wildman–Crippen LogP) is 1.84. The highest BCUT2D eigenvalue weighted by Crippen LogP contribution is 2.18. The van der Waals surface area contributed by atoms with Crippen LogP contribution in [0, 0.1) is 16.0 Å². The molecular formula is C9H19NO3. The molecule has 78 valence electrons. The molecule has 0 bridgehead atoms. The first-order valence-electron chi connectivity index (χ1n) is 4.68. The van der Waals surface area contributed by atoms with Gasteiger partial charge < -0.3 is 5.11 Å². The van der Waals surface area contributed by atoms with Crippen LogP contribution >= 0.6 is 0 Å². The molecule has 0 aromatic carbocycles. The molecule has 13 heavy (non-hydrogen) atoms. The molecule has 0 amide bonds. The second-order valence-electron chi connectivity index (χ2n) is 4.20. The van der Waals surface area contributed by atoms with Crippen molar-refractivity contribution in [3.63, 3.8) is 0 Å². The van der Waals surface area contributed by atoms with Crippen molar-refractivity contribution >= 4 is 0 Å². The zero-order chi connectivity index (χ0) is 10.5. The van der Waals surface area contributed by atoms with Gasteiger partial charge in [0.15, 0.2) is 0 Å². The number of aliphatic hydroxyl groups is 1. The lowest BCUT2D eigenvalue weighted by Crippen LogP contribution is -2.38. The van der Waals surface area contributed by atoms with Crippen LogP contribution in [0.1, 0.15) is 40.0 Å². The number of hydrogen-bond donors (Lipinski definition) is 1. The third-order valence-electron chi connectivity index (χ3n) is 2.28. The Labute approximate surface area is 79.1 Å². The number of nitro groups is 1. The fourth-order valence-electron chi connectivity index (χ4n) is 1.12. The molecule has 0 aliphatic heterocycles. The smallest absolute Gasteiger partial charge is 0.242 e. The minimum atomic E-state index is -1.14. The van der Waals surface area contributed by atoms with Crippen molar-refractivity contribution in [2.45, 2.75) is 45.6 Å². The van der Waals surface area contributed by atoms with Crippen molar-refractivity contribution in [3.8, 4) is 0 Å². The van der Waals surface area contributed by atoms with E-state index in [4.69, 9.17) is 5.11 Å². The number of aliphatic hydroxyl groups excluding tert-OH is 1. The second-order valence-corrected chi connectivity index (χ2v) is 4.20. The van der Waals surface area contributed by atoms with Crippen LogP contribution in [0.15, 0.2) is 0 Å². The van der Waals surface area contributed by atoms with E-state index in [1.807, 2.05) is 0 Å². The SMILES string of the molecule is CC(C)CCCC(C)(CO)[N+](=O)[O-]. The molecule has 0 aromatic rings. The van der Waals surface area contributed by atoms with Crippen LogP contribution in [0.5, 0.6) is 0 Å². The number of rotatable bonds is 6. The molecule has 0 rings (SSSR count). The summed E-state index contributed by atoms with van der Waals surface area (Å²) >= 11 is 0. The summed E-state index contributed by atoms with van der Waals surface area (Å²) in [5, 5.41) is 19.5. The molecular weight excluding hydrogens is 170 g/mol. The van der Waals surface area contributed by atoms with Gasteiger partial charge in [0.1, 0.15) is 6.61 Å². The lowest BCUT2D eigenvalue weighted by atomic mass is 9.94. The van der Waals surface area contributed by atoms with E-state index in [0.29, 0.717) is 12.3 Å². The normalized spacial score (nSPS) is 15.8. The summed E-state index contributed by atoms with van der Waals surface area (Å²) in [6, 6.07) is 0. The maximum Gasteiger partial charge on any atom is 0.242 e. The Balaban J connectivity index is 3.92. The standard InChI is InChI=1S/C9H19NO3/c1-8(2)5-4-6-9(3,7-11)10(12)13/h8,11H,4-7H2,1-3H3. The molecule has 0 aliphatic carbocycles. The van der Waals surface area contributed by atoms with Crippen molar-refractivity contribution in [3.05, 3.63) is 10.1 Å². The minimum absolute atomic E-state index is 0.377. The first-order chi connectivity index (χ1) is 5.92. The zero-order valence-electron chi connectivity index (χ0n) is 8.62. The van der Waals surface area contributed by atoms with E-state index >= 15 is 0 Å². The third-order valence-corrected chi connectivity index (χ3v) is 2.28. The summed E-state index contributed by atoms with van der Waals surface area (Å²) in [5.74, 6) is 0.565. The van der Waals surface area contributed by atoms with E-state index in [0.717, 1.165) is 12.8 Å². The molecule has 0 aromatic heterocycles. The second kappa shape index (κ2) is 5.17. The van der Waals surface area contributed by atoms with E-state index in [-0.39, 0.29) is 11.5 Å². The van der Waals surface area contributed by atoms with Gasteiger partial charge in [0.05, 0.1) is 0 Å². The number of nitrogens with zero attached hydrogens (tertiary/aromatic N) is 1. The molecule has 4 heteroatoms. The van der Waals surface area contributed by atoms with Gasteiger partial charge in [-0.25, -0.2) is 0 Å². The summed E-state index contributed by atoms with van der Waals surface area (Å²) in [6.07, 6.45) is 2.23. The molecule has 1 unspecified atom stereocenters. The summed E-state index contributed by atoms with van der Waals surface area (Å²) in [6.45, 7) is 5.29. The maximum absolute atomic E-state index is 10.6. The Morgan fingerprint density at radius 1 is 1.54 bits per heavy atom. The molecule has 0 radical (unpaired) electrons. The summed E-state index contributed by atoms with van der Waals surface area (Å²) in [7, 11) is 0. The summed E-state index contributed by atoms with van der Waals surface area (Å²) in [4.78, 5) is 10.2. The summed E-state index contributed by atoms with van der Waals surface area (Å²) < 4.78 is 0. The molecule has 0 spiro atoms. The van der Waals surface area contributed by atoms with Gasteiger partial charge in [0.2, 0.25) is 5.54 Å². The Morgan fingerprint density at radius 3 is 2.38 bits per heavy atom. The quantitative estimate of drug-likeness (QED) is 0.512. The van der Waals surface area contributed by atoms with Crippen molar-refractivity contribution < 1.29 is 10.0 Å². The van der Waals surface area contributed by atoms with Gasteiger partial charge in [-0.2, -0.15) is 0 Å². The highest BCUT2D eigenvalue weighted by molar-refractivity contribution is 4.72. The van der Waals surface area contributed by atoms with Gasteiger partial charge >= 0.3 is 0 Å². The van der Waals surface area contributed by atoms with Gasteiger partial charge in [-0.1, -0.05) is 20.3 Å². The molecule has 0 fully saturated rings. The first kappa shape index (κ1) is 12.4. The first-order valence-corrected chi connectivity index (χ1v) is 4.68. The van der Waals surface area contributed by atoms with E-state index < -0.39 is 5.54 Å². The monoisotopic (exact) mass is 189 g/mol. The Bertz CT molecular complexity index is 170. The molecule has 4 nitrogen and oxygen atoms in total. The fraction of sp³-hybridized carbons (Fsp3) is 1.00. The Hall–Kier alpha value is -0.640. The maximum atomic E-state index is 10.6. The van der Waals surface area contributed by atoms with Crippen LogP contribution in [0.2, 0.25) is 0 Å². The topological polar surface area (TPSA) is 63.4 Å². The lowest BCUT2D eigenvalue weighted by molar-refractivity contribution is -0.570. The van der Waals surface area contributed by atoms with Crippen LogP contribution in [-0.4, -0.2) is 22.2 Å². The molecule has 1 N–H and O–H groups in total. The van der Waals surface area contributed by atoms with Crippen LogP contribution in [0.4, 0.5) is 0 Å². The lowest BCUT2D eigenvalue weighted by Gasteiger charge is -2.18. The van der Waals surface area contributed by atoms with Gasteiger partial charge in [-0.15, -0.1) is 0 Å². The predicted molar refractivity (Wildman–Crippen MR) is 51.2 cm³/mol. The van der Waals surface area contributed by atoms with Crippen LogP contribution in [0.25, 0.3) is 0 Å². The fourth-order valence-corrected chi connectivity index (χ4v) is 1.12. The van der Waals surface area contributed by atoms with Crippen molar-refractivity contribution in [1.29, 1.82) is 0 Å². The third kappa shape index (κ3) is 4.22. The van der Waals surface area contributed by atoms with Gasteiger partial charge in [-0.3, -0.25) is 10.1 Å². The van der Waals surface area contributed by atoms with Crippen LogP contribution in [-0.2, 0) is 0 Å². The number of hydrogen-bond acceptors (Lipinski definition) is 3. The van der Waals surface area contributed by atoms with Crippen molar-refractivity contribution in [1.82, 2.24) is 0 Å². The van der Waals surface area contributed by atoms with Crippen molar-refractivity contribution in [2.24, 2.45) is 5.92 Å². The molecule has 0 saturated carbocycles. The highest BCUT2D eigenvalue weighted by Gasteiger charge is 2.35. The molecule has 0 aliphatic rings. The Morgan fingerprint density at radius 2 is 2.08 bits per heavy atom. The largest absolute Gasteiger partial charge is 0.389 e. The van der Waals surface area contributed by atoms with Crippen LogP contribution in [0.3, 0.4) is 0 Å². The zero-order valence-corrected chi connectivity index (χ0v) is 8.62. The van der Waals surface area contributed by atoms with E-state index in [1.165, 1.54) is 6.92 Å². The van der Waals surface area contributed by atoms with E-state index in [1.54, 1.807) is 0 Å². The highest BCUT2D eigenvalue weighted by atomic mass is 16.6.